The number of hydrogen-bond acceptors (Lipinski definition) is 2. The average Bonchev–Trinajstić information content (AvgIpc) is 2.41. The van der Waals surface area contributed by atoms with Crippen molar-refractivity contribution in [2.24, 2.45) is 0 Å². The molecule has 2 rings (SSSR count). The molecule has 1 saturated heterocycles. The molecule has 0 aromatic heterocycles. The number of likely N-dealkylation sites (tertiary alicyclic amines) is 1. The smallest absolute Gasteiger partial charge is 0.320 e. The third-order valence-electron chi connectivity index (χ3n) is 4.21. The number of amides is 2. The Labute approximate surface area is 127 Å². The highest BCUT2D eigenvalue weighted by molar-refractivity contribution is 5.74. The predicted octanol–water partition coefficient (Wildman–Crippen LogP) is 3.61. The van der Waals surface area contributed by atoms with Crippen LogP contribution in [0.3, 0.4) is 0 Å². The standard InChI is InChI=1S/C17H26N2O2/c1-12-8-9-16(13(2)10-12)21-11-18-17(20)19-14(3)6-5-7-15(19)4/h8-10,14-15H,5-7,11H2,1-4H3,(H,18,20). The molecular weight excluding hydrogens is 264 g/mol. The summed E-state index contributed by atoms with van der Waals surface area (Å²) in [6, 6.07) is 6.61. The second kappa shape index (κ2) is 6.83. The minimum Gasteiger partial charge on any atom is -0.473 e. The number of carbonyl (C=O) groups excluding carboxylic acids is 1. The molecule has 1 fully saturated rings. The number of rotatable bonds is 3. The fourth-order valence-electron chi connectivity index (χ4n) is 3.05. The van der Waals surface area contributed by atoms with Crippen LogP contribution in [0.15, 0.2) is 18.2 Å². The number of carbonyl (C=O) groups is 1. The van der Waals surface area contributed by atoms with E-state index in [0.717, 1.165) is 24.2 Å². The van der Waals surface area contributed by atoms with E-state index >= 15 is 0 Å². The zero-order valence-electron chi connectivity index (χ0n) is 13.5. The molecule has 2 unspecified atom stereocenters. The Morgan fingerprint density at radius 1 is 1.29 bits per heavy atom. The van der Waals surface area contributed by atoms with Crippen molar-refractivity contribution in [1.29, 1.82) is 0 Å². The number of aryl methyl sites for hydroxylation is 2. The van der Waals surface area contributed by atoms with E-state index in [4.69, 9.17) is 4.74 Å². The average molecular weight is 290 g/mol. The van der Waals surface area contributed by atoms with Crippen LogP contribution in [0.2, 0.25) is 0 Å². The number of ether oxygens (including phenoxy) is 1. The number of nitrogens with one attached hydrogen (secondary N) is 1. The van der Waals surface area contributed by atoms with Gasteiger partial charge in [0, 0.05) is 12.1 Å². The molecule has 0 radical (unpaired) electrons. The second-order valence-electron chi connectivity index (χ2n) is 6.08. The van der Waals surface area contributed by atoms with E-state index in [-0.39, 0.29) is 12.8 Å². The number of benzene rings is 1. The van der Waals surface area contributed by atoms with Crippen LogP contribution >= 0.6 is 0 Å². The van der Waals surface area contributed by atoms with Gasteiger partial charge < -0.3 is 15.0 Å². The molecule has 0 spiro atoms. The molecule has 4 heteroatoms. The number of hydrogen-bond donors (Lipinski definition) is 1. The van der Waals surface area contributed by atoms with Crippen LogP contribution in [0.4, 0.5) is 4.79 Å². The van der Waals surface area contributed by atoms with E-state index in [2.05, 4.69) is 32.2 Å². The maximum Gasteiger partial charge on any atom is 0.320 e. The zero-order valence-corrected chi connectivity index (χ0v) is 13.5. The Morgan fingerprint density at radius 3 is 2.57 bits per heavy atom. The molecule has 0 bridgehead atoms. The molecule has 1 heterocycles. The fraction of sp³-hybridized carbons (Fsp3) is 0.588. The molecule has 1 aromatic rings. The van der Waals surface area contributed by atoms with E-state index in [9.17, 15) is 4.79 Å². The Bertz CT molecular complexity index is 492. The molecule has 116 valence electrons. The molecular formula is C17H26N2O2. The normalized spacial score (nSPS) is 22.0. The third-order valence-corrected chi connectivity index (χ3v) is 4.21. The molecule has 4 nitrogen and oxygen atoms in total. The summed E-state index contributed by atoms with van der Waals surface area (Å²) in [7, 11) is 0. The summed E-state index contributed by atoms with van der Waals surface area (Å²) in [6.07, 6.45) is 3.36. The van der Waals surface area contributed by atoms with Crippen molar-refractivity contribution in [2.45, 2.75) is 59.0 Å². The maximum absolute atomic E-state index is 12.3. The third kappa shape index (κ3) is 3.90. The lowest BCUT2D eigenvalue weighted by atomic mass is 9.98. The minimum atomic E-state index is -0.0283. The molecule has 0 aliphatic carbocycles. The van der Waals surface area contributed by atoms with E-state index in [1.807, 2.05) is 24.0 Å². The number of piperidine rings is 1. The van der Waals surface area contributed by atoms with Crippen molar-refractivity contribution in [1.82, 2.24) is 10.2 Å². The van der Waals surface area contributed by atoms with Gasteiger partial charge in [0.05, 0.1) is 0 Å². The lowest BCUT2D eigenvalue weighted by Crippen LogP contribution is -2.52. The van der Waals surface area contributed by atoms with Gasteiger partial charge in [-0.2, -0.15) is 0 Å². The quantitative estimate of drug-likeness (QED) is 0.864. The van der Waals surface area contributed by atoms with Crippen molar-refractivity contribution in [3.63, 3.8) is 0 Å². The van der Waals surface area contributed by atoms with Crippen LogP contribution in [0.5, 0.6) is 5.75 Å². The van der Waals surface area contributed by atoms with Gasteiger partial charge in [0.25, 0.3) is 0 Å². The van der Waals surface area contributed by atoms with Crippen LogP contribution < -0.4 is 10.1 Å². The van der Waals surface area contributed by atoms with Crippen LogP contribution in [0.25, 0.3) is 0 Å². The predicted molar refractivity (Wildman–Crippen MR) is 84.6 cm³/mol. The summed E-state index contributed by atoms with van der Waals surface area (Å²) in [5.74, 6) is 0.820. The van der Waals surface area contributed by atoms with Crippen molar-refractivity contribution in [2.75, 3.05) is 6.73 Å². The molecule has 2 atom stereocenters. The van der Waals surface area contributed by atoms with Gasteiger partial charge in [-0.25, -0.2) is 4.79 Å². The Balaban J connectivity index is 1.86. The van der Waals surface area contributed by atoms with Crippen molar-refractivity contribution < 1.29 is 9.53 Å². The SMILES string of the molecule is Cc1ccc(OCNC(=O)N2C(C)CCCC2C)c(C)c1. The molecule has 0 saturated carbocycles. The Morgan fingerprint density at radius 2 is 1.95 bits per heavy atom. The Hall–Kier alpha value is -1.71. The summed E-state index contributed by atoms with van der Waals surface area (Å²) < 4.78 is 5.67. The Kier molecular flexibility index (Phi) is 5.10. The topological polar surface area (TPSA) is 41.6 Å². The van der Waals surface area contributed by atoms with E-state index in [1.165, 1.54) is 12.0 Å². The largest absolute Gasteiger partial charge is 0.473 e. The molecule has 1 aromatic carbocycles. The highest BCUT2D eigenvalue weighted by Gasteiger charge is 2.28. The first-order valence-corrected chi connectivity index (χ1v) is 7.75. The van der Waals surface area contributed by atoms with Crippen LogP contribution in [0, 0.1) is 13.8 Å². The summed E-state index contributed by atoms with van der Waals surface area (Å²) in [4.78, 5) is 14.2. The first-order chi connectivity index (χ1) is 9.99. The van der Waals surface area contributed by atoms with Gasteiger partial charge in [0.1, 0.15) is 5.75 Å². The van der Waals surface area contributed by atoms with Gasteiger partial charge in [-0.1, -0.05) is 17.7 Å². The first-order valence-electron chi connectivity index (χ1n) is 7.75. The molecule has 21 heavy (non-hydrogen) atoms. The number of urea groups is 1. The van der Waals surface area contributed by atoms with Crippen molar-refractivity contribution in [3.8, 4) is 5.75 Å². The highest BCUT2D eigenvalue weighted by Crippen LogP contribution is 2.22. The van der Waals surface area contributed by atoms with Gasteiger partial charge in [-0.3, -0.25) is 0 Å². The van der Waals surface area contributed by atoms with Gasteiger partial charge in [-0.05, 0) is 58.6 Å². The van der Waals surface area contributed by atoms with Crippen LogP contribution in [0.1, 0.15) is 44.2 Å². The van der Waals surface area contributed by atoms with Crippen molar-refractivity contribution in [3.05, 3.63) is 29.3 Å². The summed E-state index contributed by atoms with van der Waals surface area (Å²) >= 11 is 0. The molecule has 1 aliphatic heterocycles. The zero-order chi connectivity index (χ0) is 15.4. The highest BCUT2D eigenvalue weighted by atomic mass is 16.5. The minimum absolute atomic E-state index is 0.0283. The molecule has 2 amide bonds. The maximum atomic E-state index is 12.3. The number of nitrogens with zero attached hydrogens (tertiary/aromatic N) is 1. The fourth-order valence-corrected chi connectivity index (χ4v) is 3.05. The molecule has 1 aliphatic rings. The lowest BCUT2D eigenvalue weighted by molar-refractivity contribution is 0.117. The monoisotopic (exact) mass is 290 g/mol. The van der Waals surface area contributed by atoms with Gasteiger partial charge in [0.15, 0.2) is 6.73 Å². The first kappa shape index (κ1) is 15.7. The summed E-state index contributed by atoms with van der Waals surface area (Å²) in [5, 5.41) is 2.87. The summed E-state index contributed by atoms with van der Waals surface area (Å²) in [5.41, 5.74) is 2.30. The van der Waals surface area contributed by atoms with Gasteiger partial charge in [-0.15, -0.1) is 0 Å². The summed E-state index contributed by atoms with van der Waals surface area (Å²) in [6.45, 7) is 8.50. The van der Waals surface area contributed by atoms with Crippen molar-refractivity contribution >= 4 is 6.03 Å². The lowest BCUT2D eigenvalue weighted by Gasteiger charge is -2.38. The van der Waals surface area contributed by atoms with Crippen LogP contribution in [-0.2, 0) is 0 Å². The van der Waals surface area contributed by atoms with Gasteiger partial charge >= 0.3 is 6.03 Å². The van der Waals surface area contributed by atoms with Gasteiger partial charge in [0.2, 0.25) is 0 Å². The molecule has 1 N–H and O–H groups in total. The second-order valence-corrected chi connectivity index (χ2v) is 6.08. The van der Waals surface area contributed by atoms with Crippen LogP contribution in [-0.4, -0.2) is 29.7 Å². The van der Waals surface area contributed by atoms with E-state index in [1.54, 1.807) is 0 Å². The van der Waals surface area contributed by atoms with E-state index < -0.39 is 0 Å². The van der Waals surface area contributed by atoms with E-state index in [0.29, 0.717) is 12.1 Å².